The first-order valence-corrected chi connectivity index (χ1v) is 8.83. The van der Waals surface area contributed by atoms with Crippen molar-refractivity contribution in [1.82, 2.24) is 14.5 Å². The van der Waals surface area contributed by atoms with Crippen molar-refractivity contribution in [2.45, 2.75) is 19.5 Å². The number of imidazole rings is 1. The van der Waals surface area contributed by atoms with Crippen LogP contribution in [-0.2, 0) is 13.6 Å². The van der Waals surface area contributed by atoms with Crippen LogP contribution in [0, 0.1) is 5.82 Å². The number of aromatic nitrogens is 2. The number of benzene rings is 2. The fourth-order valence-corrected chi connectivity index (χ4v) is 3.28. The van der Waals surface area contributed by atoms with E-state index >= 15 is 0 Å². The second-order valence-corrected chi connectivity index (χ2v) is 6.78. The number of amides is 1. The lowest BCUT2D eigenvalue weighted by molar-refractivity contribution is 0.0629. The number of halogens is 1. The average molecular weight is 365 g/mol. The minimum absolute atomic E-state index is 0.0872. The molecule has 0 bridgehead atoms. The molecule has 1 aromatic heterocycles. The van der Waals surface area contributed by atoms with Gasteiger partial charge in [0, 0.05) is 25.0 Å². The summed E-state index contributed by atoms with van der Waals surface area (Å²) in [7, 11) is 1.81. The number of carbonyl (C=O) groups is 1. The highest BCUT2D eigenvalue weighted by Crippen LogP contribution is 2.31. The van der Waals surface area contributed by atoms with Gasteiger partial charge in [0.1, 0.15) is 18.2 Å². The molecule has 0 aliphatic carbocycles. The van der Waals surface area contributed by atoms with E-state index in [4.69, 9.17) is 4.74 Å². The summed E-state index contributed by atoms with van der Waals surface area (Å²) in [6.07, 6.45) is 3.37. The molecular formula is C21H20FN3O2. The van der Waals surface area contributed by atoms with Crippen LogP contribution >= 0.6 is 0 Å². The van der Waals surface area contributed by atoms with Gasteiger partial charge < -0.3 is 14.2 Å². The maximum Gasteiger partial charge on any atom is 0.290 e. The van der Waals surface area contributed by atoms with E-state index in [1.165, 1.54) is 12.1 Å². The summed E-state index contributed by atoms with van der Waals surface area (Å²) < 4.78 is 20.8. The van der Waals surface area contributed by atoms with Crippen molar-refractivity contribution in [3.63, 3.8) is 0 Å². The summed E-state index contributed by atoms with van der Waals surface area (Å²) in [6, 6.07) is 12.1. The molecule has 2 heterocycles. The first-order valence-electron chi connectivity index (χ1n) is 8.83. The molecule has 0 saturated carbocycles. The zero-order valence-corrected chi connectivity index (χ0v) is 15.2. The highest BCUT2D eigenvalue weighted by atomic mass is 19.1. The Bertz CT molecular complexity index is 981. The van der Waals surface area contributed by atoms with Crippen LogP contribution in [0.3, 0.4) is 0 Å². The first-order chi connectivity index (χ1) is 13.0. The molecule has 0 N–H and O–H groups in total. The number of hydrogen-bond acceptors (Lipinski definition) is 3. The molecule has 1 amide bonds. The van der Waals surface area contributed by atoms with Gasteiger partial charge in [-0.1, -0.05) is 18.2 Å². The quantitative estimate of drug-likeness (QED) is 0.696. The zero-order valence-electron chi connectivity index (χ0n) is 15.2. The molecule has 6 heteroatoms. The van der Waals surface area contributed by atoms with Crippen LogP contribution in [-0.4, -0.2) is 33.0 Å². The van der Waals surface area contributed by atoms with E-state index in [9.17, 15) is 9.18 Å². The molecular weight excluding hydrogens is 345 g/mol. The molecule has 0 saturated heterocycles. The van der Waals surface area contributed by atoms with E-state index in [1.54, 1.807) is 41.0 Å². The van der Waals surface area contributed by atoms with E-state index in [-0.39, 0.29) is 17.8 Å². The molecule has 1 aliphatic heterocycles. The number of rotatable bonds is 2. The van der Waals surface area contributed by atoms with Crippen molar-refractivity contribution in [3.05, 3.63) is 72.1 Å². The highest BCUT2D eigenvalue weighted by molar-refractivity contribution is 5.91. The minimum atomic E-state index is -0.266. The Kier molecular flexibility index (Phi) is 4.39. The normalized spacial score (nSPS) is 16.4. The fourth-order valence-electron chi connectivity index (χ4n) is 3.28. The predicted molar refractivity (Wildman–Crippen MR) is 99.9 cm³/mol. The van der Waals surface area contributed by atoms with Gasteiger partial charge in [0.2, 0.25) is 0 Å². The molecule has 27 heavy (non-hydrogen) atoms. The minimum Gasteiger partial charge on any atom is -0.491 e. The molecule has 3 aromatic rings. The number of nitrogens with zero attached hydrogens (tertiary/aromatic N) is 3. The topological polar surface area (TPSA) is 47.4 Å². The third-order valence-electron chi connectivity index (χ3n) is 4.86. The summed E-state index contributed by atoms with van der Waals surface area (Å²) in [5.41, 5.74) is 2.79. The lowest BCUT2D eigenvalue weighted by atomic mass is 10.0. The number of aryl methyl sites for hydroxylation is 1. The molecule has 2 aromatic carbocycles. The van der Waals surface area contributed by atoms with Gasteiger partial charge in [-0.25, -0.2) is 9.37 Å². The Morgan fingerprint density at radius 1 is 1.19 bits per heavy atom. The second-order valence-electron chi connectivity index (χ2n) is 6.78. The zero-order chi connectivity index (χ0) is 19.0. The third kappa shape index (κ3) is 3.30. The van der Waals surface area contributed by atoms with Gasteiger partial charge in [0.15, 0.2) is 5.82 Å². The molecule has 5 nitrogen and oxygen atoms in total. The third-order valence-corrected chi connectivity index (χ3v) is 4.86. The van der Waals surface area contributed by atoms with Gasteiger partial charge in [-0.3, -0.25) is 4.79 Å². The fraction of sp³-hybridized carbons (Fsp3) is 0.238. The first kappa shape index (κ1) is 17.3. The standard InChI is InChI=1S/C21H20FN3O2/c1-14-13-27-19-8-5-16(15-3-6-18(22)7-4-15)11-17(19)12-25(14)21(26)20-23-9-10-24(20)2/h3-11,14H,12-13H2,1-2H3/t14-/m0/s1. The summed E-state index contributed by atoms with van der Waals surface area (Å²) in [4.78, 5) is 19.0. The largest absolute Gasteiger partial charge is 0.491 e. The van der Waals surface area contributed by atoms with Crippen molar-refractivity contribution < 1.29 is 13.9 Å². The van der Waals surface area contributed by atoms with Crippen molar-refractivity contribution in [3.8, 4) is 16.9 Å². The van der Waals surface area contributed by atoms with Crippen LogP contribution in [0.1, 0.15) is 23.1 Å². The van der Waals surface area contributed by atoms with Gasteiger partial charge in [-0.05, 0) is 42.3 Å². The molecule has 0 radical (unpaired) electrons. The van der Waals surface area contributed by atoms with Gasteiger partial charge in [-0.15, -0.1) is 0 Å². The Hall–Kier alpha value is -3.15. The molecule has 138 valence electrons. The van der Waals surface area contributed by atoms with Crippen LogP contribution in [0.4, 0.5) is 4.39 Å². The van der Waals surface area contributed by atoms with E-state index in [1.807, 2.05) is 25.1 Å². The van der Waals surface area contributed by atoms with Gasteiger partial charge >= 0.3 is 0 Å². The average Bonchev–Trinajstić information content (AvgIpc) is 3.03. The Balaban J connectivity index is 1.68. The highest BCUT2D eigenvalue weighted by Gasteiger charge is 2.28. The SMILES string of the molecule is C[C@H]1COc2ccc(-c3ccc(F)cc3)cc2CN1C(=O)c1nccn1C. The molecule has 1 aliphatic rings. The molecule has 0 unspecified atom stereocenters. The van der Waals surface area contributed by atoms with Crippen LogP contribution in [0.5, 0.6) is 5.75 Å². The Labute approximate surface area is 157 Å². The molecule has 1 atom stereocenters. The van der Waals surface area contributed by atoms with Crippen LogP contribution < -0.4 is 4.74 Å². The smallest absolute Gasteiger partial charge is 0.290 e. The van der Waals surface area contributed by atoms with Crippen molar-refractivity contribution in [2.24, 2.45) is 7.05 Å². The lowest BCUT2D eigenvalue weighted by Crippen LogP contribution is -2.40. The Morgan fingerprint density at radius 3 is 2.63 bits per heavy atom. The summed E-state index contributed by atoms with van der Waals surface area (Å²) in [5.74, 6) is 0.777. The molecule has 0 fully saturated rings. The lowest BCUT2D eigenvalue weighted by Gasteiger charge is -2.26. The summed E-state index contributed by atoms with van der Waals surface area (Å²) in [5, 5.41) is 0. The maximum atomic E-state index is 13.2. The Morgan fingerprint density at radius 2 is 1.93 bits per heavy atom. The molecule has 0 spiro atoms. The van der Waals surface area contributed by atoms with Crippen molar-refractivity contribution in [2.75, 3.05) is 6.61 Å². The predicted octanol–water partition coefficient (Wildman–Crippen LogP) is 3.65. The van der Waals surface area contributed by atoms with E-state index in [0.717, 1.165) is 22.4 Å². The van der Waals surface area contributed by atoms with E-state index in [0.29, 0.717) is 19.0 Å². The van der Waals surface area contributed by atoms with E-state index < -0.39 is 0 Å². The van der Waals surface area contributed by atoms with Crippen LogP contribution in [0.25, 0.3) is 11.1 Å². The monoisotopic (exact) mass is 365 g/mol. The number of hydrogen-bond donors (Lipinski definition) is 0. The van der Waals surface area contributed by atoms with Crippen molar-refractivity contribution >= 4 is 5.91 Å². The summed E-state index contributed by atoms with van der Waals surface area (Å²) in [6.45, 7) is 2.81. The van der Waals surface area contributed by atoms with Gasteiger partial charge in [-0.2, -0.15) is 0 Å². The molecule has 4 rings (SSSR count). The summed E-state index contributed by atoms with van der Waals surface area (Å²) >= 11 is 0. The van der Waals surface area contributed by atoms with Crippen LogP contribution in [0.2, 0.25) is 0 Å². The van der Waals surface area contributed by atoms with Gasteiger partial charge in [0.05, 0.1) is 12.6 Å². The number of fused-ring (bicyclic) bond motifs is 1. The second kappa shape index (κ2) is 6.87. The van der Waals surface area contributed by atoms with E-state index in [2.05, 4.69) is 4.98 Å². The number of carbonyl (C=O) groups excluding carboxylic acids is 1. The number of ether oxygens (including phenoxy) is 1. The maximum absolute atomic E-state index is 13.2. The van der Waals surface area contributed by atoms with Gasteiger partial charge in [0.25, 0.3) is 5.91 Å². The van der Waals surface area contributed by atoms with Crippen LogP contribution in [0.15, 0.2) is 54.9 Å². The van der Waals surface area contributed by atoms with Crippen molar-refractivity contribution in [1.29, 1.82) is 0 Å².